The summed E-state index contributed by atoms with van der Waals surface area (Å²) in [5.74, 6) is 0.520. The first-order valence-corrected chi connectivity index (χ1v) is 6.82. The molecule has 1 N–H and O–H groups in total. The van der Waals surface area contributed by atoms with E-state index in [4.69, 9.17) is 16.3 Å². The van der Waals surface area contributed by atoms with Crippen LogP contribution in [0.15, 0.2) is 18.2 Å². The van der Waals surface area contributed by atoms with E-state index < -0.39 is 4.92 Å². The molecule has 0 heterocycles. The Bertz CT molecular complexity index is 461. The number of nitrogens with zero attached hydrogens (tertiary/aromatic N) is 1. The van der Waals surface area contributed by atoms with Crippen molar-refractivity contribution >= 4 is 17.3 Å². The topological polar surface area (TPSA) is 64.4 Å². The zero-order chi connectivity index (χ0) is 13.8. The smallest absolute Gasteiger partial charge is 0.271 e. The third-order valence-corrected chi connectivity index (χ3v) is 3.49. The molecule has 0 spiro atoms. The minimum atomic E-state index is -0.469. The molecule has 1 saturated carbocycles. The highest BCUT2D eigenvalue weighted by atomic mass is 35.5. The van der Waals surface area contributed by atoms with E-state index in [1.54, 1.807) is 6.07 Å². The van der Waals surface area contributed by atoms with Crippen LogP contribution in [0.5, 0.6) is 5.75 Å². The van der Waals surface area contributed by atoms with E-state index >= 15 is 0 Å². The minimum Gasteiger partial charge on any atom is -0.489 e. The lowest BCUT2D eigenvalue weighted by Crippen LogP contribution is -2.47. The molecule has 2 rings (SSSR count). The summed E-state index contributed by atoms with van der Waals surface area (Å²) in [6, 6.07) is 4.81. The molecule has 104 valence electrons. The molecule has 0 saturated heterocycles. The number of halogens is 1. The van der Waals surface area contributed by atoms with Gasteiger partial charge in [-0.3, -0.25) is 10.1 Å². The van der Waals surface area contributed by atoms with Crippen LogP contribution < -0.4 is 10.1 Å². The average molecular weight is 285 g/mol. The molecule has 1 fully saturated rings. The number of rotatable bonds is 6. The molecule has 0 unspecified atom stereocenters. The summed E-state index contributed by atoms with van der Waals surface area (Å²) < 4.78 is 5.73. The number of hydrogen-bond donors (Lipinski definition) is 1. The molecule has 19 heavy (non-hydrogen) atoms. The summed E-state index contributed by atoms with van der Waals surface area (Å²) in [4.78, 5) is 10.1. The summed E-state index contributed by atoms with van der Waals surface area (Å²) in [6.45, 7) is 3.16. The second-order valence-corrected chi connectivity index (χ2v) is 5.14. The van der Waals surface area contributed by atoms with Crippen molar-refractivity contribution in [1.82, 2.24) is 5.32 Å². The number of nitro groups is 1. The standard InChI is InChI=1S/C13H17ClN2O3/c1-2-5-15-9-6-11(7-9)19-13-4-3-10(16(17)18)8-12(13)14/h3-4,8-9,11,15H,2,5-7H2,1H3. The van der Waals surface area contributed by atoms with Gasteiger partial charge in [-0.05, 0) is 31.9 Å². The SMILES string of the molecule is CCCNC1CC(Oc2ccc([N+](=O)[O-])cc2Cl)C1. The van der Waals surface area contributed by atoms with Gasteiger partial charge in [0, 0.05) is 18.2 Å². The van der Waals surface area contributed by atoms with Crippen LogP contribution in [-0.4, -0.2) is 23.6 Å². The van der Waals surface area contributed by atoms with Gasteiger partial charge in [0.25, 0.3) is 5.69 Å². The van der Waals surface area contributed by atoms with Gasteiger partial charge in [-0.2, -0.15) is 0 Å². The van der Waals surface area contributed by atoms with Crippen LogP contribution >= 0.6 is 11.6 Å². The number of non-ortho nitro benzene ring substituents is 1. The Morgan fingerprint density at radius 2 is 2.26 bits per heavy atom. The molecular formula is C13H17ClN2O3. The molecule has 0 bridgehead atoms. The summed E-state index contributed by atoms with van der Waals surface area (Å²) >= 11 is 5.97. The van der Waals surface area contributed by atoms with E-state index in [2.05, 4.69) is 12.2 Å². The Balaban J connectivity index is 1.86. The monoisotopic (exact) mass is 284 g/mol. The van der Waals surface area contributed by atoms with Crippen molar-refractivity contribution in [2.75, 3.05) is 6.54 Å². The highest BCUT2D eigenvalue weighted by Crippen LogP contribution is 2.33. The van der Waals surface area contributed by atoms with Gasteiger partial charge in [0.1, 0.15) is 11.9 Å². The van der Waals surface area contributed by atoms with Crippen LogP contribution in [0.1, 0.15) is 26.2 Å². The highest BCUT2D eigenvalue weighted by molar-refractivity contribution is 6.32. The fourth-order valence-electron chi connectivity index (χ4n) is 2.06. The van der Waals surface area contributed by atoms with Crippen molar-refractivity contribution in [2.45, 2.75) is 38.3 Å². The number of nitro benzene ring substituents is 1. The van der Waals surface area contributed by atoms with Crippen molar-refractivity contribution in [3.63, 3.8) is 0 Å². The fourth-order valence-corrected chi connectivity index (χ4v) is 2.27. The molecule has 1 aromatic carbocycles. The zero-order valence-corrected chi connectivity index (χ0v) is 11.5. The van der Waals surface area contributed by atoms with Crippen molar-refractivity contribution in [3.8, 4) is 5.75 Å². The van der Waals surface area contributed by atoms with Gasteiger partial charge >= 0.3 is 0 Å². The van der Waals surface area contributed by atoms with E-state index in [0.717, 1.165) is 25.8 Å². The quantitative estimate of drug-likeness (QED) is 0.644. The summed E-state index contributed by atoms with van der Waals surface area (Å²) in [5.41, 5.74) is -0.0200. The highest BCUT2D eigenvalue weighted by Gasteiger charge is 2.30. The van der Waals surface area contributed by atoms with Crippen molar-refractivity contribution in [3.05, 3.63) is 33.3 Å². The summed E-state index contributed by atoms with van der Waals surface area (Å²) in [7, 11) is 0. The molecule has 5 nitrogen and oxygen atoms in total. The Hall–Kier alpha value is -1.33. The second-order valence-electron chi connectivity index (χ2n) is 4.73. The van der Waals surface area contributed by atoms with E-state index in [9.17, 15) is 10.1 Å². The van der Waals surface area contributed by atoms with Crippen LogP contribution in [0.3, 0.4) is 0 Å². The molecule has 6 heteroatoms. The van der Waals surface area contributed by atoms with E-state index in [0.29, 0.717) is 16.8 Å². The van der Waals surface area contributed by atoms with E-state index in [-0.39, 0.29) is 11.8 Å². The van der Waals surface area contributed by atoms with E-state index in [1.807, 2.05) is 0 Å². The Labute approximate surface area is 117 Å². The maximum absolute atomic E-state index is 10.6. The van der Waals surface area contributed by atoms with Crippen LogP contribution in [0, 0.1) is 10.1 Å². The minimum absolute atomic E-state index is 0.0200. The lowest BCUT2D eigenvalue weighted by atomic mass is 9.89. The first-order valence-electron chi connectivity index (χ1n) is 6.44. The maximum atomic E-state index is 10.6. The van der Waals surface area contributed by atoms with Gasteiger partial charge in [-0.15, -0.1) is 0 Å². The summed E-state index contributed by atoms with van der Waals surface area (Å²) in [6.07, 6.45) is 3.17. The largest absolute Gasteiger partial charge is 0.489 e. The lowest BCUT2D eigenvalue weighted by molar-refractivity contribution is -0.384. The van der Waals surface area contributed by atoms with Crippen LogP contribution in [0.2, 0.25) is 5.02 Å². The second kappa shape index (κ2) is 6.21. The fraction of sp³-hybridized carbons (Fsp3) is 0.538. The predicted octanol–water partition coefficient (Wildman–Crippen LogP) is 3.16. The van der Waals surface area contributed by atoms with Gasteiger partial charge in [0.05, 0.1) is 9.95 Å². The zero-order valence-electron chi connectivity index (χ0n) is 10.8. The van der Waals surface area contributed by atoms with Gasteiger partial charge in [0.2, 0.25) is 0 Å². The first-order chi connectivity index (χ1) is 9.10. The van der Waals surface area contributed by atoms with Gasteiger partial charge in [-0.1, -0.05) is 18.5 Å². The summed E-state index contributed by atoms with van der Waals surface area (Å²) in [5, 5.41) is 14.3. The number of nitrogens with one attached hydrogen (secondary N) is 1. The number of hydrogen-bond acceptors (Lipinski definition) is 4. The van der Waals surface area contributed by atoms with Crippen LogP contribution in [0.4, 0.5) is 5.69 Å². The maximum Gasteiger partial charge on any atom is 0.271 e. The Morgan fingerprint density at radius 1 is 1.53 bits per heavy atom. The Kier molecular flexibility index (Phi) is 4.61. The van der Waals surface area contributed by atoms with Gasteiger partial charge < -0.3 is 10.1 Å². The number of benzene rings is 1. The third-order valence-electron chi connectivity index (χ3n) is 3.20. The lowest BCUT2D eigenvalue weighted by Gasteiger charge is -2.36. The third kappa shape index (κ3) is 3.58. The van der Waals surface area contributed by atoms with E-state index in [1.165, 1.54) is 12.1 Å². The van der Waals surface area contributed by atoms with Crippen molar-refractivity contribution in [2.24, 2.45) is 0 Å². The van der Waals surface area contributed by atoms with Crippen LogP contribution in [0.25, 0.3) is 0 Å². The molecule has 0 amide bonds. The van der Waals surface area contributed by atoms with Gasteiger partial charge in [0.15, 0.2) is 0 Å². The molecule has 0 radical (unpaired) electrons. The number of ether oxygens (including phenoxy) is 1. The van der Waals surface area contributed by atoms with Crippen molar-refractivity contribution < 1.29 is 9.66 Å². The molecular weight excluding hydrogens is 268 g/mol. The molecule has 1 aromatic rings. The van der Waals surface area contributed by atoms with Crippen LogP contribution in [-0.2, 0) is 0 Å². The molecule has 1 aliphatic carbocycles. The average Bonchev–Trinajstić information content (AvgIpc) is 2.33. The normalized spacial score (nSPS) is 21.8. The van der Waals surface area contributed by atoms with Crippen molar-refractivity contribution in [1.29, 1.82) is 0 Å². The molecule has 0 atom stereocenters. The molecule has 1 aliphatic rings. The first kappa shape index (κ1) is 14.1. The predicted molar refractivity (Wildman–Crippen MR) is 73.8 cm³/mol. The molecule has 0 aliphatic heterocycles. The molecule has 0 aromatic heterocycles. The van der Waals surface area contributed by atoms with Gasteiger partial charge in [-0.25, -0.2) is 0 Å². The Morgan fingerprint density at radius 3 is 2.84 bits per heavy atom.